The van der Waals surface area contributed by atoms with Crippen LogP contribution in [0.5, 0.6) is 5.75 Å². The summed E-state index contributed by atoms with van der Waals surface area (Å²) in [7, 11) is -1.90. The fraction of sp³-hybridized carbons (Fsp3) is 0.143. The van der Waals surface area contributed by atoms with Crippen LogP contribution in [0.4, 0.5) is 8.78 Å². The maximum atomic E-state index is 11.8. The largest absolute Gasteiger partial charge is 0.492 e. The first-order valence-corrected chi connectivity index (χ1v) is 3.99. The lowest BCUT2D eigenvalue weighted by Crippen LogP contribution is -2.32. The summed E-state index contributed by atoms with van der Waals surface area (Å²) >= 11 is 5.53. The molecule has 1 rings (SSSR count). The molecule has 7 heteroatoms. The molecule has 1 aromatic carbocycles. The summed E-state index contributed by atoms with van der Waals surface area (Å²) in [6.07, 6.45) is 0. The summed E-state index contributed by atoms with van der Waals surface area (Å²) < 4.78 is 27.7. The molecule has 14 heavy (non-hydrogen) atoms. The van der Waals surface area contributed by atoms with E-state index in [4.69, 9.17) is 21.6 Å². The molecule has 0 bridgehead atoms. The highest BCUT2D eigenvalue weighted by molar-refractivity contribution is 6.60. The zero-order chi connectivity index (χ0) is 10.7. The molecule has 0 radical (unpaired) electrons. The maximum Gasteiger partial charge on any atom is 0.492 e. The van der Waals surface area contributed by atoms with Gasteiger partial charge in [-0.3, -0.25) is 0 Å². The van der Waals surface area contributed by atoms with Gasteiger partial charge >= 0.3 is 13.7 Å². The van der Waals surface area contributed by atoms with Crippen LogP contribution in [-0.2, 0) is 0 Å². The van der Waals surface area contributed by atoms with Crippen molar-refractivity contribution in [3.63, 3.8) is 0 Å². The van der Waals surface area contributed by atoms with Gasteiger partial charge in [-0.15, -0.1) is 0 Å². The lowest BCUT2D eigenvalue weighted by Gasteiger charge is -2.09. The zero-order valence-corrected chi connectivity index (χ0v) is 7.58. The second-order valence-corrected chi connectivity index (χ2v) is 2.87. The SMILES string of the molecule is OB(O)c1cc(Cl)ccc1OC(F)F. The summed E-state index contributed by atoms with van der Waals surface area (Å²) in [5.41, 5.74) is -0.196. The standard InChI is InChI=1S/C7H6BClF2O3/c9-4-1-2-6(14-7(10)11)5(3-4)8(12)13/h1-3,7,12-13H. The second-order valence-electron chi connectivity index (χ2n) is 2.43. The Morgan fingerprint density at radius 3 is 2.50 bits per heavy atom. The molecule has 3 nitrogen and oxygen atoms in total. The van der Waals surface area contributed by atoms with Crippen molar-refractivity contribution in [1.29, 1.82) is 0 Å². The van der Waals surface area contributed by atoms with Gasteiger partial charge in [0.05, 0.1) is 0 Å². The van der Waals surface area contributed by atoms with E-state index < -0.39 is 13.7 Å². The van der Waals surface area contributed by atoms with Gasteiger partial charge in [-0.2, -0.15) is 8.78 Å². The summed E-state index contributed by atoms with van der Waals surface area (Å²) in [5, 5.41) is 17.8. The van der Waals surface area contributed by atoms with Crippen LogP contribution in [0.2, 0.25) is 5.02 Å². The predicted molar refractivity (Wildman–Crippen MR) is 47.9 cm³/mol. The summed E-state index contributed by atoms with van der Waals surface area (Å²) in [6, 6.07) is 3.60. The van der Waals surface area contributed by atoms with Crippen molar-refractivity contribution in [2.45, 2.75) is 6.61 Å². The molecule has 0 unspecified atom stereocenters. The van der Waals surface area contributed by atoms with Gasteiger partial charge in [0.1, 0.15) is 5.75 Å². The predicted octanol–water partition coefficient (Wildman–Crippen LogP) is 0.621. The van der Waals surface area contributed by atoms with Crippen molar-refractivity contribution in [3.05, 3.63) is 23.2 Å². The highest BCUT2D eigenvalue weighted by atomic mass is 35.5. The van der Waals surface area contributed by atoms with Crippen molar-refractivity contribution in [2.24, 2.45) is 0 Å². The molecule has 0 aromatic heterocycles. The van der Waals surface area contributed by atoms with E-state index >= 15 is 0 Å². The first-order chi connectivity index (χ1) is 6.50. The Balaban J connectivity index is 3.02. The first-order valence-electron chi connectivity index (χ1n) is 3.61. The molecule has 0 spiro atoms. The van der Waals surface area contributed by atoms with Crippen LogP contribution in [0.3, 0.4) is 0 Å². The molecule has 1 aromatic rings. The minimum absolute atomic E-state index is 0.196. The Labute approximate surface area is 84.0 Å². The summed E-state index contributed by atoms with van der Waals surface area (Å²) in [5.74, 6) is -0.306. The highest BCUT2D eigenvalue weighted by Gasteiger charge is 2.19. The minimum atomic E-state index is -3.02. The molecule has 0 amide bonds. The molecule has 76 valence electrons. The van der Waals surface area contributed by atoms with Gasteiger partial charge in [-0.25, -0.2) is 0 Å². The molecule has 0 atom stereocenters. The Hall–Kier alpha value is -0.845. The van der Waals surface area contributed by atoms with Crippen LogP contribution < -0.4 is 10.2 Å². The number of benzene rings is 1. The van der Waals surface area contributed by atoms with Crippen LogP contribution in [0.25, 0.3) is 0 Å². The van der Waals surface area contributed by atoms with Crippen LogP contribution >= 0.6 is 11.6 Å². The summed E-state index contributed by atoms with van der Waals surface area (Å²) in [4.78, 5) is 0. The average molecular weight is 222 g/mol. The molecule has 0 aliphatic carbocycles. The fourth-order valence-electron chi connectivity index (χ4n) is 0.924. The van der Waals surface area contributed by atoms with Crippen molar-refractivity contribution in [2.75, 3.05) is 0 Å². The molecule has 0 saturated carbocycles. The molecular formula is C7H6BClF2O3. The number of alkyl halides is 2. The quantitative estimate of drug-likeness (QED) is 0.737. The molecule has 0 aliphatic rings. The number of ether oxygens (including phenoxy) is 1. The van der Waals surface area contributed by atoms with Crippen LogP contribution in [0.1, 0.15) is 0 Å². The van der Waals surface area contributed by atoms with E-state index in [0.29, 0.717) is 0 Å². The van der Waals surface area contributed by atoms with E-state index in [2.05, 4.69) is 4.74 Å². The van der Waals surface area contributed by atoms with Gasteiger partial charge in [-0.05, 0) is 18.2 Å². The van der Waals surface area contributed by atoms with Gasteiger partial charge in [-0.1, -0.05) is 11.6 Å². The average Bonchev–Trinajstić information content (AvgIpc) is 2.07. The monoisotopic (exact) mass is 222 g/mol. The van der Waals surface area contributed by atoms with Crippen LogP contribution in [-0.4, -0.2) is 23.8 Å². The van der Waals surface area contributed by atoms with E-state index in [1.165, 1.54) is 6.07 Å². The second kappa shape index (κ2) is 4.59. The van der Waals surface area contributed by atoms with Gasteiger partial charge in [0.25, 0.3) is 0 Å². The van der Waals surface area contributed by atoms with E-state index in [1.54, 1.807) is 0 Å². The van der Waals surface area contributed by atoms with Crippen molar-refractivity contribution in [3.8, 4) is 5.75 Å². The molecule has 2 N–H and O–H groups in total. The van der Waals surface area contributed by atoms with Crippen LogP contribution in [0.15, 0.2) is 18.2 Å². The molecule has 0 saturated heterocycles. The molecule has 0 heterocycles. The third-order valence-electron chi connectivity index (χ3n) is 1.47. The molecular weight excluding hydrogens is 216 g/mol. The van der Waals surface area contributed by atoms with E-state index in [-0.39, 0.29) is 16.2 Å². The van der Waals surface area contributed by atoms with Crippen LogP contribution in [0, 0.1) is 0 Å². The van der Waals surface area contributed by atoms with Crippen molar-refractivity contribution in [1.82, 2.24) is 0 Å². The number of hydrogen-bond acceptors (Lipinski definition) is 3. The fourth-order valence-corrected chi connectivity index (χ4v) is 1.10. The van der Waals surface area contributed by atoms with E-state index in [0.717, 1.165) is 12.1 Å². The van der Waals surface area contributed by atoms with Gasteiger partial charge in [0.15, 0.2) is 0 Å². The smallest absolute Gasteiger partial charge is 0.435 e. The number of hydrogen-bond donors (Lipinski definition) is 2. The Bertz CT molecular complexity index is 322. The molecule has 0 fully saturated rings. The first kappa shape index (κ1) is 11.2. The normalized spacial score (nSPS) is 10.4. The Morgan fingerprint density at radius 1 is 1.36 bits per heavy atom. The third kappa shape index (κ3) is 2.83. The number of rotatable bonds is 3. The highest BCUT2D eigenvalue weighted by Crippen LogP contribution is 2.16. The Kier molecular flexibility index (Phi) is 3.68. The third-order valence-corrected chi connectivity index (χ3v) is 1.70. The zero-order valence-electron chi connectivity index (χ0n) is 6.82. The van der Waals surface area contributed by atoms with Gasteiger partial charge < -0.3 is 14.8 Å². The minimum Gasteiger partial charge on any atom is -0.435 e. The Morgan fingerprint density at radius 2 is 2.00 bits per heavy atom. The maximum absolute atomic E-state index is 11.8. The van der Waals surface area contributed by atoms with Crippen molar-refractivity contribution < 1.29 is 23.6 Å². The van der Waals surface area contributed by atoms with E-state index in [1.807, 2.05) is 0 Å². The van der Waals surface area contributed by atoms with Gasteiger partial charge in [0.2, 0.25) is 0 Å². The lowest BCUT2D eigenvalue weighted by molar-refractivity contribution is -0.0492. The summed E-state index contributed by atoms with van der Waals surface area (Å²) in [6.45, 7) is -3.02. The molecule has 0 aliphatic heterocycles. The van der Waals surface area contributed by atoms with Crippen molar-refractivity contribution >= 4 is 24.2 Å². The lowest BCUT2D eigenvalue weighted by atomic mass is 9.79. The van der Waals surface area contributed by atoms with Gasteiger partial charge in [0, 0.05) is 10.5 Å². The number of halogens is 3. The van der Waals surface area contributed by atoms with E-state index in [9.17, 15) is 8.78 Å². The topological polar surface area (TPSA) is 49.7 Å².